The number of hydrogen-bond acceptors (Lipinski definition) is 1. The molecule has 1 nitrogen and oxygen atoms in total. The molecule has 0 aliphatic rings. The Kier molecular flexibility index (Phi) is 4.99. The van der Waals surface area contributed by atoms with Gasteiger partial charge in [-0.2, -0.15) is 0 Å². The summed E-state index contributed by atoms with van der Waals surface area (Å²) in [4.78, 5) is 0. The molecule has 0 N–H and O–H groups in total. The van der Waals surface area contributed by atoms with E-state index in [2.05, 4.69) is 0 Å². The summed E-state index contributed by atoms with van der Waals surface area (Å²) in [5.74, 6) is -3.52. The molecule has 0 bridgehead atoms. The van der Waals surface area contributed by atoms with Gasteiger partial charge in [-0.1, -0.05) is 0 Å². The Morgan fingerprint density at radius 2 is 0.958 bits per heavy atom. The number of hydrogen-bond donors (Lipinski definition) is 0. The quantitative estimate of drug-likeness (QED) is 0.457. The number of halogens is 2. The number of methoxy groups -OCH3 is 1. The molecule has 24 heavy (non-hydrogen) atoms. The van der Waals surface area contributed by atoms with E-state index in [1.165, 1.54) is 0 Å². The van der Waals surface area contributed by atoms with Gasteiger partial charge in [-0.25, -0.2) is 0 Å². The summed E-state index contributed by atoms with van der Waals surface area (Å²) in [5, 5.41) is 2.28. The van der Waals surface area contributed by atoms with Gasteiger partial charge >= 0.3 is 153 Å². The van der Waals surface area contributed by atoms with Crippen molar-refractivity contribution in [1.29, 1.82) is 0 Å². The van der Waals surface area contributed by atoms with Crippen LogP contribution in [0.1, 0.15) is 0 Å². The van der Waals surface area contributed by atoms with Crippen LogP contribution in [-0.2, 0) is 4.74 Å². The van der Waals surface area contributed by atoms with Gasteiger partial charge in [0.15, 0.2) is 0 Å². The Hall–Kier alpha value is -1.37. The molecule has 1 unspecified atom stereocenters. The summed E-state index contributed by atoms with van der Waals surface area (Å²) < 4.78 is 5.67. The molecule has 3 aromatic rings. The predicted octanol–water partition coefficient (Wildman–Crippen LogP) is 4.84. The second-order valence-corrected chi connectivity index (χ2v) is 12.6. The Labute approximate surface area is 152 Å². The van der Waals surface area contributed by atoms with Gasteiger partial charge in [0.1, 0.15) is 0 Å². The third kappa shape index (κ3) is 2.48. The Morgan fingerprint density at radius 3 is 1.21 bits per heavy atom. The third-order valence-electron chi connectivity index (χ3n) is 4.36. The predicted molar refractivity (Wildman–Crippen MR) is 108 cm³/mol. The summed E-state index contributed by atoms with van der Waals surface area (Å²) in [7, 11) is 1.61. The number of alkyl halides is 1. The van der Waals surface area contributed by atoms with Gasteiger partial charge in [0.25, 0.3) is 0 Å². The molecule has 4 heteroatoms. The molecule has 0 radical (unpaired) electrons. The van der Waals surface area contributed by atoms with Crippen molar-refractivity contribution in [3.8, 4) is 0 Å². The maximum absolute atomic E-state index is 7.70. The average molecular weight is 377 g/mol. The summed E-state index contributed by atoms with van der Waals surface area (Å²) in [6.07, 6.45) is 0. The normalized spacial score (nSPS) is 14.5. The van der Waals surface area contributed by atoms with Crippen molar-refractivity contribution in [3.05, 3.63) is 91.0 Å². The Bertz CT molecular complexity index is 694. The van der Waals surface area contributed by atoms with E-state index in [4.69, 9.17) is 27.6 Å². The van der Waals surface area contributed by atoms with Gasteiger partial charge in [-0.3, -0.25) is 0 Å². The molecule has 0 fully saturated rings. The fraction of sp³-hybridized carbons (Fsp3) is 0.100. The first-order chi connectivity index (χ1) is 11.6. The minimum absolute atomic E-state index is 0.690. The van der Waals surface area contributed by atoms with Crippen LogP contribution in [0.3, 0.4) is 0 Å². The van der Waals surface area contributed by atoms with Crippen LogP contribution in [0.4, 0.5) is 0 Å². The molecule has 0 spiro atoms. The van der Waals surface area contributed by atoms with Gasteiger partial charge < -0.3 is 0 Å². The first-order valence-electron chi connectivity index (χ1n) is 7.69. The molecule has 0 aliphatic carbocycles. The van der Waals surface area contributed by atoms with Crippen LogP contribution in [-0.4, -0.2) is 12.4 Å². The molecule has 0 aromatic heterocycles. The second-order valence-electron chi connectivity index (χ2n) is 5.61. The van der Waals surface area contributed by atoms with Crippen molar-refractivity contribution in [2.45, 2.75) is 5.30 Å². The molecule has 3 aromatic carbocycles. The summed E-state index contributed by atoms with van der Waals surface area (Å²) in [6, 6.07) is 30.1. The average Bonchev–Trinajstić information content (AvgIpc) is 2.69. The van der Waals surface area contributed by atoms with Gasteiger partial charge in [-0.05, 0) is 0 Å². The molecular weight excluding hydrogens is 358 g/mol. The Balaban J connectivity index is 2.48. The fourth-order valence-electron chi connectivity index (χ4n) is 3.16. The van der Waals surface area contributed by atoms with Gasteiger partial charge in [0, 0.05) is 0 Å². The van der Waals surface area contributed by atoms with Crippen LogP contribution in [0, 0.1) is 0 Å². The van der Waals surface area contributed by atoms with E-state index in [-0.39, 0.29) is 0 Å². The van der Waals surface area contributed by atoms with Crippen molar-refractivity contribution < 1.29 is 4.74 Å². The number of rotatable bonds is 5. The van der Waals surface area contributed by atoms with Crippen molar-refractivity contribution in [1.82, 2.24) is 0 Å². The van der Waals surface area contributed by atoms with Crippen LogP contribution < -0.4 is 15.9 Å². The summed E-state index contributed by atoms with van der Waals surface area (Å²) in [6.45, 7) is 0. The molecule has 0 heterocycles. The molecule has 0 aliphatic heterocycles. The van der Waals surface area contributed by atoms with Crippen LogP contribution >= 0.6 is 28.8 Å². The van der Waals surface area contributed by atoms with Gasteiger partial charge in [0.05, 0.1) is 0 Å². The first kappa shape index (κ1) is 17.5. The van der Waals surface area contributed by atoms with Gasteiger partial charge in [0.2, 0.25) is 0 Å². The van der Waals surface area contributed by atoms with Crippen LogP contribution in [0.5, 0.6) is 0 Å². The monoisotopic (exact) mass is 376 g/mol. The third-order valence-corrected chi connectivity index (χ3v) is 13.2. The molecule has 0 saturated carbocycles. The minimum atomic E-state index is -3.52. The zero-order chi connectivity index (χ0) is 17.1. The van der Waals surface area contributed by atoms with E-state index < -0.39 is 11.3 Å². The standard InChI is InChI=1S/C20H19Cl2OP/c1-23-20(21)24(22,17-11-5-2-6-12-17,18-13-7-3-8-14-18)19-15-9-4-10-16-19/h2-16,20H,1H3. The molecule has 1 atom stereocenters. The van der Waals surface area contributed by atoms with Crippen molar-refractivity contribution in [3.63, 3.8) is 0 Å². The van der Waals surface area contributed by atoms with E-state index in [1.807, 2.05) is 91.0 Å². The second kappa shape index (κ2) is 6.86. The number of benzene rings is 3. The van der Waals surface area contributed by atoms with E-state index in [0.717, 1.165) is 15.9 Å². The summed E-state index contributed by atoms with van der Waals surface area (Å²) in [5.41, 5.74) is 0. The van der Waals surface area contributed by atoms with E-state index in [0.29, 0.717) is 0 Å². The van der Waals surface area contributed by atoms with Crippen LogP contribution in [0.2, 0.25) is 0 Å². The topological polar surface area (TPSA) is 9.23 Å². The first-order valence-corrected chi connectivity index (χ1v) is 11.3. The molecular formula is C20H19Cl2OP. The molecule has 0 amide bonds. The van der Waals surface area contributed by atoms with Crippen molar-refractivity contribution in [2.75, 3.05) is 7.11 Å². The zero-order valence-corrected chi connectivity index (χ0v) is 15.8. The van der Waals surface area contributed by atoms with Crippen LogP contribution in [0.15, 0.2) is 91.0 Å². The van der Waals surface area contributed by atoms with E-state index in [9.17, 15) is 0 Å². The maximum atomic E-state index is 7.70. The van der Waals surface area contributed by atoms with Crippen molar-refractivity contribution in [2.24, 2.45) is 0 Å². The van der Waals surface area contributed by atoms with E-state index in [1.54, 1.807) is 7.11 Å². The molecule has 3 rings (SSSR count). The zero-order valence-electron chi connectivity index (χ0n) is 13.3. The molecule has 124 valence electrons. The SMILES string of the molecule is COC(Cl)P(Cl)(c1ccccc1)(c1ccccc1)c1ccccc1. The molecule has 0 saturated heterocycles. The van der Waals surface area contributed by atoms with Gasteiger partial charge in [-0.15, -0.1) is 0 Å². The van der Waals surface area contributed by atoms with E-state index >= 15 is 0 Å². The van der Waals surface area contributed by atoms with Crippen LogP contribution in [0.25, 0.3) is 0 Å². The fourth-order valence-corrected chi connectivity index (χ4v) is 9.68. The summed E-state index contributed by atoms with van der Waals surface area (Å²) >= 11 is 14.5. The Morgan fingerprint density at radius 1 is 0.667 bits per heavy atom. The number of ether oxygens (including phenoxy) is 1. The van der Waals surface area contributed by atoms with Crippen molar-refractivity contribution >= 4 is 44.7 Å².